The fourth-order valence-electron chi connectivity index (χ4n) is 2.49. The second-order valence-corrected chi connectivity index (χ2v) is 5.27. The van der Waals surface area contributed by atoms with Gasteiger partial charge < -0.3 is 15.5 Å². The molecule has 1 heterocycles. The van der Waals surface area contributed by atoms with E-state index in [4.69, 9.17) is 10.5 Å². The van der Waals surface area contributed by atoms with Crippen LogP contribution in [0.2, 0.25) is 0 Å². The zero-order chi connectivity index (χ0) is 16.2. The fourth-order valence-corrected chi connectivity index (χ4v) is 2.49. The Morgan fingerprint density at radius 2 is 1.96 bits per heavy atom. The van der Waals surface area contributed by atoms with E-state index >= 15 is 0 Å². The maximum atomic E-state index is 10.6. The maximum Gasteiger partial charge on any atom is 0.269 e. The van der Waals surface area contributed by atoms with E-state index in [1.807, 2.05) is 24.4 Å². The summed E-state index contributed by atoms with van der Waals surface area (Å²) >= 11 is 0. The Kier molecular flexibility index (Phi) is 4.25. The number of nitrogens with one attached hydrogen (secondary N) is 1. The van der Waals surface area contributed by atoms with Gasteiger partial charge >= 0.3 is 0 Å². The molecule has 1 aromatic heterocycles. The van der Waals surface area contributed by atoms with E-state index in [9.17, 15) is 10.1 Å². The molecule has 0 atom stereocenters. The van der Waals surface area contributed by atoms with Crippen LogP contribution in [-0.4, -0.2) is 16.5 Å². The molecule has 2 aromatic carbocycles. The first-order valence-electron chi connectivity index (χ1n) is 7.33. The number of nitrogens with two attached hydrogens (primary N) is 1. The van der Waals surface area contributed by atoms with E-state index in [1.54, 1.807) is 12.1 Å². The average molecular weight is 311 g/mol. The van der Waals surface area contributed by atoms with Crippen molar-refractivity contribution in [1.29, 1.82) is 0 Å². The van der Waals surface area contributed by atoms with Gasteiger partial charge in [0.05, 0.1) is 4.92 Å². The first-order valence-corrected chi connectivity index (χ1v) is 7.33. The third-order valence-electron chi connectivity index (χ3n) is 3.71. The van der Waals surface area contributed by atoms with Crippen molar-refractivity contribution in [3.05, 3.63) is 69.9 Å². The van der Waals surface area contributed by atoms with Crippen molar-refractivity contribution in [1.82, 2.24) is 4.98 Å². The summed E-state index contributed by atoms with van der Waals surface area (Å²) in [5.41, 5.74) is 8.80. The predicted octanol–water partition coefficient (Wildman–Crippen LogP) is 3.16. The Morgan fingerprint density at radius 1 is 1.17 bits per heavy atom. The van der Waals surface area contributed by atoms with Gasteiger partial charge in [-0.2, -0.15) is 0 Å². The summed E-state index contributed by atoms with van der Waals surface area (Å²) in [6.45, 7) is 0.959. The summed E-state index contributed by atoms with van der Waals surface area (Å²) in [6.07, 6.45) is 2.78. The van der Waals surface area contributed by atoms with Crippen LogP contribution < -0.4 is 10.5 Å². The molecular formula is C17H17N3O3. The number of rotatable bonds is 6. The van der Waals surface area contributed by atoms with Gasteiger partial charge in [0.15, 0.2) is 0 Å². The normalized spacial score (nSPS) is 10.8. The number of aromatic nitrogens is 1. The second-order valence-electron chi connectivity index (χ2n) is 5.27. The minimum absolute atomic E-state index is 0.0777. The van der Waals surface area contributed by atoms with Gasteiger partial charge in [-0.15, -0.1) is 0 Å². The van der Waals surface area contributed by atoms with Crippen molar-refractivity contribution in [3.8, 4) is 5.75 Å². The van der Waals surface area contributed by atoms with E-state index in [0.29, 0.717) is 13.2 Å². The highest BCUT2D eigenvalue weighted by Crippen LogP contribution is 2.24. The number of benzene rings is 2. The third-order valence-corrected chi connectivity index (χ3v) is 3.71. The molecule has 0 saturated carbocycles. The molecule has 0 saturated heterocycles. The van der Waals surface area contributed by atoms with Crippen molar-refractivity contribution in [2.24, 2.45) is 5.73 Å². The Morgan fingerprint density at radius 3 is 2.65 bits per heavy atom. The van der Waals surface area contributed by atoms with Gasteiger partial charge in [-0.25, -0.2) is 0 Å². The van der Waals surface area contributed by atoms with Crippen molar-refractivity contribution < 1.29 is 9.66 Å². The number of aromatic amines is 1. The predicted molar refractivity (Wildman–Crippen MR) is 88.5 cm³/mol. The molecule has 0 bridgehead atoms. The SMILES string of the molecule is NCCc1c[nH]c2ccc(OCc3ccc([N+](=O)[O-])cc3)cc12. The molecule has 0 fully saturated rings. The molecule has 23 heavy (non-hydrogen) atoms. The summed E-state index contributed by atoms with van der Waals surface area (Å²) in [7, 11) is 0. The quantitative estimate of drug-likeness (QED) is 0.540. The molecule has 3 aromatic rings. The lowest BCUT2D eigenvalue weighted by molar-refractivity contribution is -0.384. The number of nitro benzene ring substituents is 1. The lowest BCUT2D eigenvalue weighted by atomic mass is 10.1. The number of ether oxygens (including phenoxy) is 1. The molecule has 0 spiro atoms. The summed E-state index contributed by atoms with van der Waals surface area (Å²) in [5.74, 6) is 0.758. The number of hydrogen-bond donors (Lipinski definition) is 2. The Balaban J connectivity index is 1.73. The fraction of sp³-hybridized carbons (Fsp3) is 0.176. The highest BCUT2D eigenvalue weighted by atomic mass is 16.6. The highest BCUT2D eigenvalue weighted by Gasteiger charge is 2.06. The number of fused-ring (bicyclic) bond motifs is 1. The van der Waals surface area contributed by atoms with Gasteiger partial charge in [0.2, 0.25) is 0 Å². The lowest BCUT2D eigenvalue weighted by Gasteiger charge is -2.07. The van der Waals surface area contributed by atoms with E-state index in [-0.39, 0.29) is 5.69 Å². The zero-order valence-electron chi connectivity index (χ0n) is 12.5. The summed E-state index contributed by atoms with van der Waals surface area (Å²) in [4.78, 5) is 13.4. The molecule has 0 amide bonds. The smallest absolute Gasteiger partial charge is 0.269 e. The molecule has 0 aliphatic rings. The van der Waals surface area contributed by atoms with Crippen molar-refractivity contribution in [2.45, 2.75) is 13.0 Å². The maximum absolute atomic E-state index is 10.6. The number of H-pyrrole nitrogens is 1. The molecular weight excluding hydrogens is 294 g/mol. The van der Waals surface area contributed by atoms with Gasteiger partial charge in [-0.1, -0.05) is 0 Å². The first kappa shape index (κ1) is 15.1. The average Bonchev–Trinajstić information content (AvgIpc) is 2.96. The Hall–Kier alpha value is -2.86. The number of non-ortho nitro benzene ring substituents is 1. The standard InChI is InChI=1S/C17H17N3O3/c18-8-7-13-10-19-17-6-5-15(9-16(13)17)23-11-12-1-3-14(4-2-12)20(21)22/h1-6,9-10,19H,7-8,11,18H2. The lowest BCUT2D eigenvalue weighted by Crippen LogP contribution is -2.01. The van der Waals surface area contributed by atoms with Crippen molar-refractivity contribution >= 4 is 16.6 Å². The van der Waals surface area contributed by atoms with E-state index in [1.165, 1.54) is 17.7 Å². The van der Waals surface area contributed by atoms with E-state index in [2.05, 4.69) is 4.98 Å². The molecule has 118 valence electrons. The Labute approximate surface area is 133 Å². The van der Waals surface area contributed by atoms with Crippen LogP contribution in [0.5, 0.6) is 5.75 Å². The molecule has 0 aliphatic carbocycles. The van der Waals surface area contributed by atoms with Crippen LogP contribution in [0.3, 0.4) is 0 Å². The van der Waals surface area contributed by atoms with Crippen LogP contribution in [-0.2, 0) is 13.0 Å². The van der Waals surface area contributed by atoms with Crippen LogP contribution in [0.1, 0.15) is 11.1 Å². The molecule has 0 radical (unpaired) electrons. The molecule has 3 rings (SSSR count). The highest BCUT2D eigenvalue weighted by molar-refractivity contribution is 5.84. The van der Waals surface area contributed by atoms with Crippen LogP contribution in [0.4, 0.5) is 5.69 Å². The van der Waals surface area contributed by atoms with Gasteiger partial charge in [0.25, 0.3) is 5.69 Å². The topological polar surface area (TPSA) is 94.2 Å². The first-order chi connectivity index (χ1) is 11.2. The molecule has 0 aliphatic heterocycles. The van der Waals surface area contributed by atoms with E-state index in [0.717, 1.165) is 28.6 Å². The number of nitrogens with zero attached hydrogens (tertiary/aromatic N) is 1. The van der Waals surface area contributed by atoms with Gasteiger partial charge in [0.1, 0.15) is 12.4 Å². The van der Waals surface area contributed by atoms with E-state index < -0.39 is 4.92 Å². The zero-order valence-corrected chi connectivity index (χ0v) is 12.5. The van der Waals surface area contributed by atoms with Crippen molar-refractivity contribution in [2.75, 3.05) is 6.54 Å². The Bertz CT molecular complexity index is 825. The molecule has 6 nitrogen and oxygen atoms in total. The monoisotopic (exact) mass is 311 g/mol. The van der Waals surface area contributed by atoms with Gasteiger partial charge in [0, 0.05) is 29.2 Å². The second kappa shape index (κ2) is 6.50. The summed E-state index contributed by atoms with van der Waals surface area (Å²) in [5, 5.41) is 11.7. The summed E-state index contributed by atoms with van der Waals surface area (Å²) in [6, 6.07) is 12.2. The minimum atomic E-state index is -0.413. The van der Waals surface area contributed by atoms with Crippen LogP contribution >= 0.6 is 0 Å². The van der Waals surface area contributed by atoms with Crippen LogP contribution in [0, 0.1) is 10.1 Å². The molecule has 6 heteroatoms. The minimum Gasteiger partial charge on any atom is -0.489 e. The molecule has 0 unspecified atom stereocenters. The van der Waals surface area contributed by atoms with Gasteiger partial charge in [-0.3, -0.25) is 10.1 Å². The van der Waals surface area contributed by atoms with Crippen LogP contribution in [0.25, 0.3) is 10.9 Å². The summed E-state index contributed by atoms with van der Waals surface area (Å²) < 4.78 is 5.79. The van der Waals surface area contributed by atoms with Gasteiger partial charge in [-0.05, 0) is 54.4 Å². The van der Waals surface area contributed by atoms with Crippen LogP contribution in [0.15, 0.2) is 48.7 Å². The largest absolute Gasteiger partial charge is 0.489 e. The third kappa shape index (κ3) is 3.32. The van der Waals surface area contributed by atoms with Crippen molar-refractivity contribution in [3.63, 3.8) is 0 Å². The molecule has 3 N–H and O–H groups in total. The number of nitro groups is 1. The number of hydrogen-bond acceptors (Lipinski definition) is 4.